The van der Waals surface area contributed by atoms with Crippen LogP contribution in [0.15, 0.2) is 42.6 Å². The summed E-state index contributed by atoms with van der Waals surface area (Å²) in [5.41, 5.74) is 0.420. The fraction of sp³-hybridized carbons (Fsp3) is 0. The smallest absolute Gasteiger partial charge is 0.220 e. The van der Waals surface area contributed by atoms with Gasteiger partial charge < -0.3 is 0 Å². The predicted octanol–water partition coefficient (Wildman–Crippen LogP) is 3.03. The second-order valence-electron chi connectivity index (χ2n) is 2.82. The van der Waals surface area contributed by atoms with E-state index in [0.717, 1.165) is 0 Å². The van der Waals surface area contributed by atoms with Crippen molar-refractivity contribution in [3.8, 4) is 11.1 Å². The molecule has 0 saturated carbocycles. The predicted molar refractivity (Wildman–Crippen MR) is 49.6 cm³/mol. The van der Waals surface area contributed by atoms with Crippen LogP contribution in [0, 0.1) is 11.8 Å². The summed E-state index contributed by atoms with van der Waals surface area (Å²) in [6.45, 7) is 0. The molecule has 1 nitrogen and oxygen atoms in total. The van der Waals surface area contributed by atoms with Gasteiger partial charge in [0.2, 0.25) is 5.95 Å². The van der Waals surface area contributed by atoms with Gasteiger partial charge >= 0.3 is 0 Å². The number of aromatic nitrogens is 1. The molecule has 2 aromatic rings. The first-order valence-electron chi connectivity index (χ1n) is 4.14. The van der Waals surface area contributed by atoms with Gasteiger partial charge in [0.05, 0.1) is 0 Å². The number of halogens is 2. The van der Waals surface area contributed by atoms with Gasteiger partial charge in [0.1, 0.15) is 5.82 Å². The van der Waals surface area contributed by atoms with Crippen molar-refractivity contribution < 1.29 is 8.78 Å². The molecule has 0 aliphatic rings. The van der Waals surface area contributed by atoms with Crippen LogP contribution in [0.5, 0.6) is 0 Å². The highest BCUT2D eigenvalue weighted by Gasteiger charge is 2.08. The van der Waals surface area contributed by atoms with Crippen molar-refractivity contribution in [2.24, 2.45) is 0 Å². The van der Waals surface area contributed by atoms with Crippen molar-refractivity contribution in [2.75, 3.05) is 0 Å². The molecule has 2 rings (SSSR count). The fourth-order valence-corrected chi connectivity index (χ4v) is 1.27. The van der Waals surface area contributed by atoms with E-state index in [-0.39, 0.29) is 11.1 Å². The first-order chi connectivity index (χ1) is 6.79. The maximum Gasteiger partial charge on any atom is 0.220 e. The fourth-order valence-electron chi connectivity index (χ4n) is 1.27. The Hall–Kier alpha value is -1.77. The molecule has 70 valence electrons. The molecule has 0 spiro atoms. The zero-order valence-electron chi connectivity index (χ0n) is 7.24. The Morgan fingerprint density at radius 1 is 0.857 bits per heavy atom. The van der Waals surface area contributed by atoms with Crippen molar-refractivity contribution >= 4 is 0 Å². The average Bonchev–Trinajstić information content (AvgIpc) is 2.20. The van der Waals surface area contributed by atoms with Crippen molar-refractivity contribution in [3.63, 3.8) is 0 Å². The minimum Gasteiger partial charge on any atom is -0.228 e. The number of benzene rings is 1. The molecule has 0 bridgehead atoms. The number of rotatable bonds is 1. The molecule has 1 heterocycles. The molecule has 0 N–H and O–H groups in total. The molecule has 14 heavy (non-hydrogen) atoms. The minimum absolute atomic E-state index is 0.186. The second-order valence-corrected chi connectivity index (χ2v) is 2.82. The van der Waals surface area contributed by atoms with E-state index >= 15 is 0 Å². The summed E-state index contributed by atoms with van der Waals surface area (Å²) in [7, 11) is 0. The summed E-state index contributed by atoms with van der Waals surface area (Å²) in [5, 5.41) is 0. The van der Waals surface area contributed by atoms with Gasteiger partial charge in [-0.3, -0.25) is 0 Å². The maximum absolute atomic E-state index is 13.3. The Bertz CT molecular complexity index is 411. The summed E-state index contributed by atoms with van der Waals surface area (Å²) >= 11 is 0. The molecule has 0 fully saturated rings. The minimum atomic E-state index is -0.655. The van der Waals surface area contributed by atoms with E-state index < -0.39 is 11.8 Å². The Labute approximate surface area is 80.0 Å². The van der Waals surface area contributed by atoms with Crippen molar-refractivity contribution in [1.29, 1.82) is 0 Å². The summed E-state index contributed by atoms with van der Waals surface area (Å²) < 4.78 is 26.4. The third-order valence-corrected chi connectivity index (χ3v) is 1.92. The van der Waals surface area contributed by atoms with E-state index in [0.29, 0.717) is 0 Å². The van der Waals surface area contributed by atoms with E-state index in [9.17, 15) is 8.78 Å². The molecule has 3 heteroatoms. The van der Waals surface area contributed by atoms with Crippen molar-refractivity contribution in [2.45, 2.75) is 0 Å². The third-order valence-electron chi connectivity index (χ3n) is 1.92. The summed E-state index contributed by atoms with van der Waals surface area (Å²) in [4.78, 5) is 3.46. The molecule has 0 radical (unpaired) electrons. The van der Waals surface area contributed by atoms with Gasteiger partial charge in [0.25, 0.3) is 0 Å². The molecular weight excluding hydrogens is 184 g/mol. The lowest BCUT2D eigenvalue weighted by molar-refractivity contribution is 0.583. The largest absolute Gasteiger partial charge is 0.228 e. The molecule has 0 saturated heterocycles. The van der Waals surface area contributed by atoms with Crippen LogP contribution < -0.4 is 0 Å². The van der Waals surface area contributed by atoms with Crippen molar-refractivity contribution in [3.05, 3.63) is 54.4 Å². The maximum atomic E-state index is 13.3. The van der Waals surface area contributed by atoms with E-state index in [1.165, 1.54) is 24.4 Å². The van der Waals surface area contributed by atoms with Crippen LogP contribution in [0.25, 0.3) is 11.1 Å². The van der Waals surface area contributed by atoms with Gasteiger partial charge in [0.15, 0.2) is 0 Å². The molecule has 0 amide bonds. The quantitative estimate of drug-likeness (QED) is 0.631. The van der Waals surface area contributed by atoms with Gasteiger partial charge in [-0.1, -0.05) is 18.2 Å². The molecule has 0 atom stereocenters. The first kappa shape index (κ1) is 8.81. The summed E-state index contributed by atoms with van der Waals surface area (Å²) in [6, 6.07) is 9.11. The van der Waals surface area contributed by atoms with Crippen LogP contribution in [0.2, 0.25) is 0 Å². The van der Waals surface area contributed by atoms with Crippen LogP contribution in [0.1, 0.15) is 0 Å². The molecular formula is C11H7F2N. The van der Waals surface area contributed by atoms with Crippen LogP contribution >= 0.6 is 0 Å². The lowest BCUT2D eigenvalue weighted by Crippen LogP contribution is -1.90. The Morgan fingerprint density at radius 2 is 1.57 bits per heavy atom. The normalized spacial score (nSPS) is 10.1. The number of pyridine rings is 1. The number of nitrogens with zero attached hydrogens (tertiary/aromatic N) is 1. The lowest BCUT2D eigenvalue weighted by atomic mass is 10.1. The Morgan fingerprint density at radius 3 is 2.29 bits per heavy atom. The lowest BCUT2D eigenvalue weighted by Gasteiger charge is -2.02. The van der Waals surface area contributed by atoms with E-state index in [2.05, 4.69) is 4.98 Å². The van der Waals surface area contributed by atoms with Gasteiger partial charge in [-0.05, 0) is 18.2 Å². The Kier molecular flexibility index (Phi) is 2.23. The molecule has 0 aliphatic heterocycles. The van der Waals surface area contributed by atoms with E-state index in [1.807, 2.05) is 0 Å². The molecule has 1 aromatic carbocycles. The first-order valence-corrected chi connectivity index (χ1v) is 4.14. The molecule has 0 aliphatic carbocycles. The van der Waals surface area contributed by atoms with Crippen LogP contribution in [-0.2, 0) is 0 Å². The highest BCUT2D eigenvalue weighted by molar-refractivity contribution is 5.63. The van der Waals surface area contributed by atoms with Gasteiger partial charge in [0, 0.05) is 17.3 Å². The third kappa shape index (κ3) is 1.48. The standard InChI is InChI=1S/C11H7F2N/c12-10-6-2-1-4-8(10)9-5-3-7-14-11(9)13/h1-7H. The Balaban J connectivity index is 2.61. The highest BCUT2D eigenvalue weighted by atomic mass is 19.1. The second kappa shape index (κ2) is 3.54. The zero-order valence-corrected chi connectivity index (χ0v) is 7.24. The van der Waals surface area contributed by atoms with Gasteiger partial charge in [-0.2, -0.15) is 4.39 Å². The van der Waals surface area contributed by atoms with Crippen LogP contribution in [-0.4, -0.2) is 4.98 Å². The van der Waals surface area contributed by atoms with E-state index in [1.54, 1.807) is 18.2 Å². The summed E-state index contributed by atoms with van der Waals surface area (Å²) in [5.74, 6) is -1.10. The van der Waals surface area contributed by atoms with Crippen LogP contribution in [0.4, 0.5) is 8.78 Å². The topological polar surface area (TPSA) is 12.9 Å². The zero-order chi connectivity index (χ0) is 9.97. The average molecular weight is 191 g/mol. The molecule has 0 unspecified atom stereocenters. The van der Waals surface area contributed by atoms with Crippen molar-refractivity contribution in [1.82, 2.24) is 4.98 Å². The molecule has 1 aromatic heterocycles. The monoisotopic (exact) mass is 191 g/mol. The highest BCUT2D eigenvalue weighted by Crippen LogP contribution is 2.23. The van der Waals surface area contributed by atoms with E-state index in [4.69, 9.17) is 0 Å². The van der Waals surface area contributed by atoms with Gasteiger partial charge in [-0.25, -0.2) is 9.37 Å². The SMILES string of the molecule is Fc1ccccc1-c1cccnc1F. The van der Waals surface area contributed by atoms with Crippen LogP contribution in [0.3, 0.4) is 0 Å². The number of hydrogen-bond acceptors (Lipinski definition) is 1. The van der Waals surface area contributed by atoms with Gasteiger partial charge in [-0.15, -0.1) is 0 Å². The summed E-state index contributed by atoms with van der Waals surface area (Å²) in [6.07, 6.45) is 1.33. The number of hydrogen-bond donors (Lipinski definition) is 0.